The number of hydrogen-bond acceptors (Lipinski definition) is 5. The van der Waals surface area contributed by atoms with Gasteiger partial charge in [-0.15, -0.1) is 0 Å². The van der Waals surface area contributed by atoms with Gasteiger partial charge in [0.15, 0.2) is 5.76 Å². The summed E-state index contributed by atoms with van der Waals surface area (Å²) in [6.45, 7) is 1.73. The standard InChI is InChI=1S/C22H15Cl2N3O2S/c1-14-22(21(26-29-14)20-17(23)5-4-6-18(20)24)27(13-28)15-8-10-16(11-9-15)30-19-7-2-3-12-25-19/h2-13H,1H3. The molecule has 2 heterocycles. The van der Waals surface area contributed by atoms with Gasteiger partial charge in [-0.25, -0.2) is 4.98 Å². The van der Waals surface area contributed by atoms with E-state index in [-0.39, 0.29) is 0 Å². The number of aryl methyl sites for hydroxylation is 1. The lowest BCUT2D eigenvalue weighted by Gasteiger charge is -2.18. The summed E-state index contributed by atoms with van der Waals surface area (Å²) in [4.78, 5) is 18.8. The first-order chi connectivity index (χ1) is 14.6. The number of nitrogens with zero attached hydrogens (tertiary/aromatic N) is 3. The second-order valence-corrected chi connectivity index (χ2v) is 8.18. The molecule has 0 aliphatic rings. The summed E-state index contributed by atoms with van der Waals surface area (Å²) in [5, 5.41) is 5.85. The molecule has 8 heteroatoms. The zero-order valence-electron chi connectivity index (χ0n) is 15.8. The van der Waals surface area contributed by atoms with E-state index in [1.54, 1.807) is 31.3 Å². The van der Waals surface area contributed by atoms with Crippen LogP contribution in [-0.2, 0) is 4.79 Å². The first-order valence-electron chi connectivity index (χ1n) is 8.92. The average Bonchev–Trinajstić information content (AvgIpc) is 3.12. The Labute approximate surface area is 187 Å². The predicted octanol–water partition coefficient (Wildman–Crippen LogP) is 6.80. The van der Waals surface area contributed by atoms with Gasteiger partial charge in [-0.05, 0) is 55.5 Å². The quantitative estimate of drug-likeness (QED) is 0.299. The van der Waals surface area contributed by atoms with Gasteiger partial charge in [0.1, 0.15) is 16.4 Å². The molecule has 0 bridgehead atoms. The van der Waals surface area contributed by atoms with Crippen molar-refractivity contribution in [2.75, 3.05) is 4.90 Å². The third-order valence-corrected chi connectivity index (χ3v) is 5.94. The van der Waals surface area contributed by atoms with E-state index in [0.29, 0.717) is 44.8 Å². The maximum atomic E-state index is 12.1. The summed E-state index contributed by atoms with van der Waals surface area (Å²) in [6, 6.07) is 18.5. The van der Waals surface area contributed by atoms with E-state index in [1.165, 1.54) is 16.7 Å². The normalized spacial score (nSPS) is 10.8. The number of carbonyl (C=O) groups excluding carboxylic acids is 1. The molecule has 4 aromatic rings. The van der Waals surface area contributed by atoms with Gasteiger partial charge in [0.05, 0.1) is 10.0 Å². The van der Waals surface area contributed by atoms with Crippen molar-refractivity contribution in [2.24, 2.45) is 0 Å². The Morgan fingerprint density at radius 1 is 1.00 bits per heavy atom. The molecule has 1 amide bonds. The fourth-order valence-electron chi connectivity index (χ4n) is 2.98. The Balaban J connectivity index is 1.70. The molecule has 2 aromatic carbocycles. The highest BCUT2D eigenvalue weighted by Crippen LogP contribution is 2.42. The molecule has 0 fully saturated rings. The largest absolute Gasteiger partial charge is 0.359 e. The van der Waals surface area contributed by atoms with Crippen LogP contribution in [0.15, 0.2) is 81.3 Å². The lowest BCUT2D eigenvalue weighted by Crippen LogP contribution is -2.15. The molecule has 30 heavy (non-hydrogen) atoms. The van der Waals surface area contributed by atoms with Gasteiger partial charge >= 0.3 is 0 Å². The summed E-state index contributed by atoms with van der Waals surface area (Å²) in [5.74, 6) is 0.472. The summed E-state index contributed by atoms with van der Waals surface area (Å²) in [6.07, 6.45) is 2.47. The summed E-state index contributed by atoms with van der Waals surface area (Å²) >= 11 is 14.2. The zero-order chi connectivity index (χ0) is 21.1. The predicted molar refractivity (Wildman–Crippen MR) is 120 cm³/mol. The molecular formula is C22H15Cl2N3O2S. The Kier molecular flexibility index (Phi) is 6.08. The second kappa shape index (κ2) is 8.92. The van der Waals surface area contributed by atoms with Crippen LogP contribution in [-0.4, -0.2) is 16.6 Å². The second-order valence-electron chi connectivity index (χ2n) is 6.27. The number of carbonyl (C=O) groups is 1. The fourth-order valence-corrected chi connectivity index (χ4v) is 4.34. The molecule has 0 N–H and O–H groups in total. The minimum atomic E-state index is 0.405. The molecule has 0 aliphatic heterocycles. The van der Waals surface area contributed by atoms with Crippen LogP contribution >= 0.6 is 35.0 Å². The molecule has 0 atom stereocenters. The molecule has 0 saturated carbocycles. The van der Waals surface area contributed by atoms with Gasteiger partial charge in [0.2, 0.25) is 6.41 Å². The minimum absolute atomic E-state index is 0.405. The van der Waals surface area contributed by atoms with Crippen LogP contribution in [0.4, 0.5) is 11.4 Å². The third-order valence-electron chi connectivity index (χ3n) is 4.35. The van der Waals surface area contributed by atoms with Gasteiger partial charge in [0, 0.05) is 22.3 Å². The topological polar surface area (TPSA) is 59.2 Å². The first kappa shape index (κ1) is 20.5. The summed E-state index contributed by atoms with van der Waals surface area (Å²) < 4.78 is 5.39. The number of benzene rings is 2. The highest BCUT2D eigenvalue weighted by Gasteiger charge is 2.25. The Hall–Kier alpha value is -2.80. The lowest BCUT2D eigenvalue weighted by molar-refractivity contribution is -0.106. The number of pyridine rings is 1. The highest BCUT2D eigenvalue weighted by molar-refractivity contribution is 7.99. The van der Waals surface area contributed by atoms with Crippen LogP contribution in [0.2, 0.25) is 10.0 Å². The van der Waals surface area contributed by atoms with Gasteiger partial charge in [0.25, 0.3) is 0 Å². The molecule has 0 saturated heterocycles. The van der Waals surface area contributed by atoms with Gasteiger partial charge < -0.3 is 4.52 Å². The van der Waals surface area contributed by atoms with Gasteiger partial charge in [-0.1, -0.05) is 52.3 Å². The maximum Gasteiger partial charge on any atom is 0.218 e. The van der Waals surface area contributed by atoms with Crippen LogP contribution in [0, 0.1) is 6.92 Å². The number of amides is 1. The molecule has 0 spiro atoms. The Morgan fingerprint density at radius 2 is 1.73 bits per heavy atom. The molecule has 0 aliphatic carbocycles. The molecule has 5 nitrogen and oxygen atoms in total. The molecule has 150 valence electrons. The van der Waals surface area contributed by atoms with Gasteiger partial charge in [-0.3, -0.25) is 9.69 Å². The van der Waals surface area contributed by atoms with E-state index in [0.717, 1.165) is 9.92 Å². The fraction of sp³-hybridized carbons (Fsp3) is 0.0455. The van der Waals surface area contributed by atoms with Crippen molar-refractivity contribution >= 4 is 52.7 Å². The van der Waals surface area contributed by atoms with Crippen molar-refractivity contribution in [2.45, 2.75) is 16.8 Å². The number of rotatable bonds is 6. The summed E-state index contributed by atoms with van der Waals surface area (Å²) in [5.41, 5.74) is 2.07. The molecule has 4 rings (SSSR count). The Morgan fingerprint density at radius 3 is 2.37 bits per heavy atom. The number of aromatic nitrogens is 2. The monoisotopic (exact) mass is 455 g/mol. The molecule has 2 aromatic heterocycles. The van der Waals surface area contributed by atoms with Crippen LogP contribution in [0.1, 0.15) is 5.76 Å². The van der Waals surface area contributed by atoms with E-state index in [1.807, 2.05) is 42.5 Å². The SMILES string of the molecule is Cc1onc(-c2c(Cl)cccc2Cl)c1N(C=O)c1ccc(Sc2ccccn2)cc1. The van der Waals surface area contributed by atoms with Crippen LogP contribution in [0.3, 0.4) is 0 Å². The third kappa shape index (κ3) is 4.07. The van der Waals surface area contributed by atoms with Crippen molar-refractivity contribution in [3.05, 3.63) is 82.7 Å². The number of anilines is 2. The lowest BCUT2D eigenvalue weighted by atomic mass is 10.1. The van der Waals surface area contributed by atoms with E-state index in [2.05, 4.69) is 10.1 Å². The number of hydrogen-bond donors (Lipinski definition) is 0. The van der Waals surface area contributed by atoms with Crippen molar-refractivity contribution in [3.8, 4) is 11.3 Å². The maximum absolute atomic E-state index is 12.1. The Bertz CT molecular complexity index is 1160. The van der Waals surface area contributed by atoms with Crippen molar-refractivity contribution in [3.63, 3.8) is 0 Å². The highest BCUT2D eigenvalue weighted by atomic mass is 35.5. The van der Waals surface area contributed by atoms with Crippen LogP contribution in [0.5, 0.6) is 0 Å². The smallest absolute Gasteiger partial charge is 0.218 e. The van der Waals surface area contributed by atoms with Crippen molar-refractivity contribution in [1.29, 1.82) is 0 Å². The number of halogens is 2. The van der Waals surface area contributed by atoms with Crippen molar-refractivity contribution in [1.82, 2.24) is 10.1 Å². The molecular weight excluding hydrogens is 441 g/mol. The minimum Gasteiger partial charge on any atom is -0.359 e. The van der Waals surface area contributed by atoms with E-state index in [9.17, 15) is 4.79 Å². The first-order valence-corrected chi connectivity index (χ1v) is 10.5. The molecule has 0 unspecified atom stereocenters. The van der Waals surface area contributed by atoms with Crippen LogP contribution in [0.25, 0.3) is 11.3 Å². The van der Waals surface area contributed by atoms with Gasteiger partial charge in [-0.2, -0.15) is 0 Å². The summed E-state index contributed by atoms with van der Waals surface area (Å²) in [7, 11) is 0. The van der Waals surface area contributed by atoms with Crippen LogP contribution < -0.4 is 4.90 Å². The molecule has 0 radical (unpaired) electrons. The van der Waals surface area contributed by atoms with E-state index < -0.39 is 0 Å². The van der Waals surface area contributed by atoms with Crippen molar-refractivity contribution < 1.29 is 9.32 Å². The average molecular weight is 456 g/mol. The van der Waals surface area contributed by atoms with E-state index >= 15 is 0 Å². The van der Waals surface area contributed by atoms with E-state index in [4.69, 9.17) is 27.7 Å². The zero-order valence-corrected chi connectivity index (χ0v) is 18.1.